The molecule has 0 saturated carbocycles. The molecule has 7 nitrogen and oxygen atoms in total. The van der Waals surface area contributed by atoms with Gasteiger partial charge in [0.2, 0.25) is 10.0 Å². The van der Waals surface area contributed by atoms with Crippen LogP contribution in [0.4, 0.5) is 0 Å². The third-order valence-corrected chi connectivity index (χ3v) is 2.83. The minimum Gasteiger partial charge on any atom is -0.480 e. The van der Waals surface area contributed by atoms with Gasteiger partial charge in [-0.1, -0.05) is 0 Å². The lowest BCUT2D eigenvalue weighted by Crippen LogP contribution is -2.33. The molecule has 8 heteroatoms. The van der Waals surface area contributed by atoms with Crippen molar-refractivity contribution in [2.75, 3.05) is 6.26 Å². The smallest absolute Gasteiger partial charge is 0.320 e. The Kier molecular flexibility index (Phi) is 3.10. The largest absolute Gasteiger partial charge is 0.480 e. The molecule has 1 aromatic heterocycles. The topological polar surface area (TPSA) is 115 Å². The van der Waals surface area contributed by atoms with Crippen LogP contribution < -0.4 is 5.73 Å². The summed E-state index contributed by atoms with van der Waals surface area (Å²) >= 11 is 0. The number of hydrogen-bond acceptors (Lipinski definition) is 5. The molecule has 0 radical (unpaired) electrons. The van der Waals surface area contributed by atoms with Crippen LogP contribution in [0.5, 0.6) is 0 Å². The molecule has 1 rings (SSSR count). The fourth-order valence-corrected chi connectivity index (χ4v) is 1.84. The van der Waals surface area contributed by atoms with Gasteiger partial charge in [-0.15, -0.1) is 0 Å². The molecule has 0 fully saturated rings. The van der Waals surface area contributed by atoms with Crippen LogP contribution in [-0.4, -0.2) is 40.7 Å². The van der Waals surface area contributed by atoms with Crippen LogP contribution in [0.3, 0.4) is 0 Å². The quantitative estimate of drug-likeness (QED) is 0.664. The maximum atomic E-state index is 11.2. The molecule has 0 saturated heterocycles. The lowest BCUT2D eigenvalue weighted by Gasteiger charge is -2.08. The molecule has 1 unspecified atom stereocenters. The zero-order valence-corrected chi connectivity index (χ0v) is 8.81. The molecule has 1 heterocycles. The SMILES string of the molecule is CS(=O)(=O)n1cncc1CC(N)C(=O)O. The number of carbonyl (C=O) groups is 1. The van der Waals surface area contributed by atoms with E-state index in [2.05, 4.69) is 4.98 Å². The summed E-state index contributed by atoms with van der Waals surface area (Å²) in [7, 11) is -3.46. The highest BCUT2D eigenvalue weighted by molar-refractivity contribution is 7.89. The summed E-state index contributed by atoms with van der Waals surface area (Å²) in [6.07, 6.45) is 3.32. The molecule has 0 aliphatic carbocycles. The van der Waals surface area contributed by atoms with Gasteiger partial charge in [0.05, 0.1) is 11.9 Å². The van der Waals surface area contributed by atoms with Crippen molar-refractivity contribution < 1.29 is 18.3 Å². The second kappa shape index (κ2) is 3.99. The van der Waals surface area contributed by atoms with Gasteiger partial charge in [0.1, 0.15) is 12.4 Å². The Balaban J connectivity index is 2.98. The van der Waals surface area contributed by atoms with Gasteiger partial charge in [0.15, 0.2) is 0 Å². The summed E-state index contributed by atoms with van der Waals surface area (Å²) in [5.74, 6) is -1.18. The van der Waals surface area contributed by atoms with Crippen molar-refractivity contribution in [1.82, 2.24) is 8.96 Å². The van der Waals surface area contributed by atoms with Crippen LogP contribution >= 0.6 is 0 Å². The molecule has 0 amide bonds. The van der Waals surface area contributed by atoms with Crippen molar-refractivity contribution in [3.05, 3.63) is 18.2 Å². The van der Waals surface area contributed by atoms with Crippen LogP contribution in [0.2, 0.25) is 0 Å². The Labute approximate surface area is 86.6 Å². The maximum Gasteiger partial charge on any atom is 0.320 e. The van der Waals surface area contributed by atoms with E-state index in [-0.39, 0.29) is 12.1 Å². The molecule has 0 aliphatic heterocycles. The van der Waals surface area contributed by atoms with Crippen LogP contribution in [0.25, 0.3) is 0 Å². The van der Waals surface area contributed by atoms with E-state index in [1.54, 1.807) is 0 Å². The molecule has 0 aromatic carbocycles. The van der Waals surface area contributed by atoms with Gasteiger partial charge in [-0.3, -0.25) is 4.79 Å². The Morgan fingerprint density at radius 1 is 1.73 bits per heavy atom. The highest BCUT2D eigenvalue weighted by Crippen LogP contribution is 2.05. The van der Waals surface area contributed by atoms with Crippen molar-refractivity contribution in [2.45, 2.75) is 12.5 Å². The minimum absolute atomic E-state index is 0.0809. The van der Waals surface area contributed by atoms with Crippen LogP contribution in [0.15, 0.2) is 12.5 Å². The second-order valence-electron chi connectivity index (χ2n) is 3.09. The predicted octanol–water partition coefficient (Wildman–Crippen LogP) is -1.35. The van der Waals surface area contributed by atoms with Crippen LogP contribution in [-0.2, 0) is 21.2 Å². The van der Waals surface area contributed by atoms with Gasteiger partial charge < -0.3 is 10.8 Å². The first-order chi connectivity index (χ1) is 6.82. The van der Waals surface area contributed by atoms with Crippen molar-refractivity contribution in [2.24, 2.45) is 5.73 Å². The summed E-state index contributed by atoms with van der Waals surface area (Å²) in [6, 6.07) is -1.14. The summed E-state index contributed by atoms with van der Waals surface area (Å²) in [4.78, 5) is 14.1. The van der Waals surface area contributed by atoms with Gasteiger partial charge >= 0.3 is 5.97 Å². The van der Waals surface area contributed by atoms with E-state index in [4.69, 9.17) is 10.8 Å². The predicted molar refractivity (Wildman–Crippen MR) is 51.8 cm³/mol. The van der Waals surface area contributed by atoms with Gasteiger partial charge in [0.25, 0.3) is 0 Å². The molecular weight excluding hydrogens is 222 g/mol. The zero-order chi connectivity index (χ0) is 11.6. The normalized spacial score (nSPS) is 13.7. The Bertz CT molecular complexity index is 464. The highest BCUT2D eigenvalue weighted by Gasteiger charge is 2.17. The number of aliphatic carboxylic acids is 1. The van der Waals surface area contributed by atoms with Crippen LogP contribution in [0.1, 0.15) is 5.69 Å². The Hall–Kier alpha value is -1.41. The number of nitrogens with two attached hydrogens (primary N) is 1. The molecule has 1 atom stereocenters. The minimum atomic E-state index is -3.46. The average Bonchev–Trinajstić information content (AvgIpc) is 2.50. The molecule has 1 aromatic rings. The Morgan fingerprint density at radius 3 is 2.80 bits per heavy atom. The lowest BCUT2D eigenvalue weighted by atomic mass is 10.2. The molecule has 3 N–H and O–H groups in total. The number of aromatic nitrogens is 2. The molecule has 15 heavy (non-hydrogen) atoms. The van der Waals surface area contributed by atoms with Gasteiger partial charge in [-0.2, -0.15) is 0 Å². The van der Waals surface area contributed by atoms with E-state index >= 15 is 0 Å². The zero-order valence-electron chi connectivity index (χ0n) is 7.99. The molecule has 84 valence electrons. The third-order valence-electron chi connectivity index (χ3n) is 1.78. The molecule has 0 bridgehead atoms. The first-order valence-electron chi connectivity index (χ1n) is 4.02. The fourth-order valence-electron chi connectivity index (χ4n) is 1.06. The second-order valence-corrected chi connectivity index (χ2v) is 4.95. The summed E-state index contributed by atoms with van der Waals surface area (Å²) in [5.41, 5.74) is 5.54. The Morgan fingerprint density at radius 2 is 2.33 bits per heavy atom. The number of hydrogen-bond donors (Lipinski definition) is 2. The summed E-state index contributed by atoms with van der Waals surface area (Å²) in [5, 5.41) is 8.57. The van der Waals surface area contributed by atoms with Crippen LogP contribution in [0, 0.1) is 0 Å². The van der Waals surface area contributed by atoms with Crippen molar-refractivity contribution in [1.29, 1.82) is 0 Å². The third kappa shape index (κ3) is 2.77. The molecule has 0 aliphatic rings. The first kappa shape index (κ1) is 11.7. The van der Waals surface area contributed by atoms with Gasteiger partial charge in [0, 0.05) is 12.6 Å². The van der Waals surface area contributed by atoms with E-state index in [0.717, 1.165) is 16.6 Å². The van der Waals surface area contributed by atoms with E-state index in [0.29, 0.717) is 0 Å². The van der Waals surface area contributed by atoms with Crippen molar-refractivity contribution in [3.8, 4) is 0 Å². The molecular formula is C7H11N3O4S. The molecule has 0 spiro atoms. The van der Waals surface area contributed by atoms with Gasteiger partial charge in [-0.05, 0) is 0 Å². The van der Waals surface area contributed by atoms with E-state index < -0.39 is 22.0 Å². The number of imidazole rings is 1. The van der Waals surface area contributed by atoms with E-state index in [9.17, 15) is 13.2 Å². The van der Waals surface area contributed by atoms with E-state index in [1.807, 2.05) is 0 Å². The average molecular weight is 233 g/mol. The highest BCUT2D eigenvalue weighted by atomic mass is 32.2. The summed E-state index contributed by atoms with van der Waals surface area (Å²) < 4.78 is 23.3. The first-order valence-corrected chi connectivity index (χ1v) is 5.87. The number of rotatable bonds is 4. The monoisotopic (exact) mass is 233 g/mol. The van der Waals surface area contributed by atoms with E-state index in [1.165, 1.54) is 6.20 Å². The summed E-state index contributed by atoms with van der Waals surface area (Å²) in [6.45, 7) is 0. The number of carboxylic acids is 1. The van der Waals surface area contributed by atoms with Crippen molar-refractivity contribution in [3.63, 3.8) is 0 Å². The maximum absolute atomic E-state index is 11.2. The fraction of sp³-hybridized carbons (Fsp3) is 0.429. The van der Waals surface area contributed by atoms with Crippen molar-refractivity contribution >= 4 is 16.0 Å². The lowest BCUT2D eigenvalue weighted by molar-refractivity contribution is -0.138. The standard InChI is InChI=1S/C7H11N3O4S/c1-15(13,14)10-4-9-3-5(10)2-6(8)7(11)12/h3-4,6H,2,8H2,1H3,(H,11,12). The van der Waals surface area contributed by atoms with Gasteiger partial charge in [-0.25, -0.2) is 17.4 Å². The number of carboxylic acid groups (broad SMARTS) is 1. The number of nitrogens with zero attached hydrogens (tertiary/aromatic N) is 2.